The minimum Gasteiger partial charge on any atom is -0.462 e. The molecule has 0 unspecified atom stereocenters. The summed E-state index contributed by atoms with van der Waals surface area (Å²) in [6.07, 6.45) is 10.7. The molecule has 0 aliphatic carbocycles. The molecule has 6 nitrogen and oxygen atoms in total. The van der Waals surface area contributed by atoms with Crippen LogP contribution in [-0.2, 0) is 20.9 Å². The van der Waals surface area contributed by atoms with Crippen molar-refractivity contribution in [2.45, 2.75) is 38.6 Å². The average Bonchev–Trinajstić information content (AvgIpc) is 2.99. The van der Waals surface area contributed by atoms with E-state index in [1.807, 2.05) is 10.8 Å². The fourth-order valence-electron chi connectivity index (χ4n) is 1.80. The molecule has 0 aromatic carbocycles. The van der Waals surface area contributed by atoms with E-state index in [4.69, 9.17) is 4.74 Å². The summed E-state index contributed by atoms with van der Waals surface area (Å²) >= 11 is 0. The lowest BCUT2D eigenvalue weighted by molar-refractivity contribution is -0.137. The third kappa shape index (κ3) is 8.62. The smallest absolute Gasteiger partial charge is 0.330 e. The van der Waals surface area contributed by atoms with E-state index < -0.39 is 5.97 Å². The van der Waals surface area contributed by atoms with Gasteiger partial charge in [0, 0.05) is 38.0 Å². The van der Waals surface area contributed by atoms with Crippen LogP contribution in [0.5, 0.6) is 0 Å². The van der Waals surface area contributed by atoms with Crippen LogP contribution in [0, 0.1) is 0 Å². The van der Waals surface area contributed by atoms with Crippen molar-refractivity contribution in [1.82, 2.24) is 14.9 Å². The third-order valence-electron chi connectivity index (χ3n) is 2.93. The lowest BCUT2D eigenvalue weighted by Gasteiger charge is -2.06. The van der Waals surface area contributed by atoms with E-state index in [-0.39, 0.29) is 5.91 Å². The molecule has 6 heteroatoms. The largest absolute Gasteiger partial charge is 0.462 e. The molecule has 0 saturated heterocycles. The van der Waals surface area contributed by atoms with Crippen molar-refractivity contribution in [2.75, 3.05) is 13.2 Å². The topological polar surface area (TPSA) is 73.2 Å². The molecule has 1 aromatic heterocycles. The quantitative estimate of drug-likeness (QED) is 0.383. The van der Waals surface area contributed by atoms with E-state index in [1.54, 1.807) is 12.5 Å². The van der Waals surface area contributed by atoms with Crippen LogP contribution in [-0.4, -0.2) is 34.6 Å². The molecule has 0 radical (unpaired) electrons. The molecule has 21 heavy (non-hydrogen) atoms. The number of imidazole rings is 1. The number of nitrogens with one attached hydrogen (secondary N) is 1. The van der Waals surface area contributed by atoms with E-state index in [2.05, 4.69) is 16.9 Å². The van der Waals surface area contributed by atoms with Crippen molar-refractivity contribution in [1.29, 1.82) is 0 Å². The number of carbonyl (C=O) groups excluding carboxylic acids is 2. The van der Waals surface area contributed by atoms with Crippen molar-refractivity contribution >= 4 is 11.9 Å². The molecule has 1 amide bonds. The first-order valence-corrected chi connectivity index (χ1v) is 7.24. The van der Waals surface area contributed by atoms with Crippen molar-refractivity contribution in [2.24, 2.45) is 0 Å². The van der Waals surface area contributed by atoms with Crippen LogP contribution in [0.25, 0.3) is 0 Å². The van der Waals surface area contributed by atoms with Gasteiger partial charge in [-0.3, -0.25) is 4.79 Å². The summed E-state index contributed by atoms with van der Waals surface area (Å²) in [7, 11) is 0. The molecule has 1 aromatic rings. The highest BCUT2D eigenvalue weighted by Gasteiger charge is 2.01. The number of aromatic nitrogens is 2. The van der Waals surface area contributed by atoms with Crippen LogP contribution in [0.1, 0.15) is 32.1 Å². The minimum atomic E-state index is -0.431. The third-order valence-corrected chi connectivity index (χ3v) is 2.93. The van der Waals surface area contributed by atoms with Gasteiger partial charge in [0.1, 0.15) is 0 Å². The number of aryl methyl sites for hydroxylation is 1. The summed E-state index contributed by atoms with van der Waals surface area (Å²) < 4.78 is 6.84. The maximum absolute atomic E-state index is 11.5. The molecular weight excluding hydrogens is 270 g/mol. The monoisotopic (exact) mass is 293 g/mol. The number of amides is 1. The van der Waals surface area contributed by atoms with E-state index in [9.17, 15) is 9.59 Å². The Labute approximate surface area is 125 Å². The van der Waals surface area contributed by atoms with Crippen molar-refractivity contribution < 1.29 is 14.3 Å². The van der Waals surface area contributed by atoms with E-state index >= 15 is 0 Å². The highest BCUT2D eigenvalue weighted by Crippen LogP contribution is 2.02. The zero-order chi connectivity index (χ0) is 15.3. The number of nitrogens with zero attached hydrogens (tertiary/aromatic N) is 2. The Balaban J connectivity index is 1.89. The van der Waals surface area contributed by atoms with Gasteiger partial charge in [0.2, 0.25) is 5.91 Å². The Kier molecular flexibility index (Phi) is 8.59. The molecule has 0 saturated carbocycles. The van der Waals surface area contributed by atoms with Gasteiger partial charge in [-0.1, -0.05) is 13.0 Å². The predicted molar refractivity (Wildman–Crippen MR) is 79.5 cm³/mol. The van der Waals surface area contributed by atoms with Crippen molar-refractivity contribution in [3.8, 4) is 0 Å². The van der Waals surface area contributed by atoms with Crippen molar-refractivity contribution in [3.63, 3.8) is 0 Å². The summed E-state index contributed by atoms with van der Waals surface area (Å²) in [5.74, 6) is -0.383. The van der Waals surface area contributed by atoms with Gasteiger partial charge in [0.15, 0.2) is 0 Å². The molecule has 0 atom stereocenters. The molecule has 1 N–H and O–H groups in total. The normalized spacial score (nSPS) is 10.1. The van der Waals surface area contributed by atoms with Gasteiger partial charge in [-0.2, -0.15) is 0 Å². The lowest BCUT2D eigenvalue weighted by atomic mass is 10.2. The predicted octanol–water partition coefficient (Wildman–Crippen LogP) is 1.68. The number of esters is 1. The van der Waals surface area contributed by atoms with Crippen LogP contribution in [0.2, 0.25) is 0 Å². The Morgan fingerprint density at radius 3 is 2.86 bits per heavy atom. The second-order valence-corrected chi connectivity index (χ2v) is 4.69. The van der Waals surface area contributed by atoms with Crippen LogP contribution in [0.4, 0.5) is 0 Å². The molecular formula is C15H23N3O3. The zero-order valence-electron chi connectivity index (χ0n) is 12.3. The van der Waals surface area contributed by atoms with Crippen LogP contribution in [0.15, 0.2) is 31.4 Å². The number of ether oxygens (including phenoxy) is 1. The van der Waals surface area contributed by atoms with Gasteiger partial charge < -0.3 is 14.6 Å². The van der Waals surface area contributed by atoms with Gasteiger partial charge in [0.05, 0.1) is 12.9 Å². The molecule has 0 fully saturated rings. The maximum Gasteiger partial charge on any atom is 0.330 e. The Hall–Kier alpha value is -2.11. The molecule has 1 heterocycles. The first kappa shape index (κ1) is 16.9. The minimum absolute atomic E-state index is 0.0488. The standard InChI is InChI=1S/C15H23N3O3/c1-2-15(20)21-12-6-8-17-14(19)7-4-3-5-10-18-11-9-16-13-18/h2,9,11,13H,1,3-8,10,12H2,(H,17,19). The van der Waals surface area contributed by atoms with Crippen molar-refractivity contribution in [3.05, 3.63) is 31.4 Å². The number of hydrogen-bond donors (Lipinski definition) is 1. The molecule has 1 rings (SSSR count). The number of hydrogen-bond acceptors (Lipinski definition) is 4. The van der Waals surface area contributed by atoms with Gasteiger partial charge in [-0.25, -0.2) is 9.78 Å². The number of rotatable bonds is 11. The van der Waals surface area contributed by atoms with Crippen LogP contribution >= 0.6 is 0 Å². The van der Waals surface area contributed by atoms with Crippen LogP contribution in [0.3, 0.4) is 0 Å². The summed E-state index contributed by atoms with van der Waals surface area (Å²) in [6.45, 7) is 5.07. The lowest BCUT2D eigenvalue weighted by Crippen LogP contribution is -2.25. The van der Waals surface area contributed by atoms with Gasteiger partial charge >= 0.3 is 5.97 Å². The molecule has 0 aliphatic rings. The Morgan fingerprint density at radius 1 is 1.29 bits per heavy atom. The Bertz CT molecular complexity index is 429. The number of carbonyl (C=O) groups is 2. The summed E-state index contributed by atoms with van der Waals surface area (Å²) in [5, 5.41) is 2.81. The van der Waals surface area contributed by atoms with Gasteiger partial charge in [-0.05, 0) is 19.3 Å². The first-order chi connectivity index (χ1) is 10.2. The van der Waals surface area contributed by atoms with Gasteiger partial charge in [0.25, 0.3) is 0 Å². The Morgan fingerprint density at radius 2 is 2.14 bits per heavy atom. The van der Waals surface area contributed by atoms with E-state index in [0.717, 1.165) is 31.9 Å². The van der Waals surface area contributed by atoms with Gasteiger partial charge in [-0.15, -0.1) is 0 Å². The summed E-state index contributed by atoms with van der Waals surface area (Å²) in [6, 6.07) is 0. The average molecular weight is 293 g/mol. The second-order valence-electron chi connectivity index (χ2n) is 4.69. The summed E-state index contributed by atoms with van der Waals surface area (Å²) in [4.78, 5) is 26.3. The maximum atomic E-state index is 11.5. The fraction of sp³-hybridized carbons (Fsp3) is 0.533. The highest BCUT2D eigenvalue weighted by atomic mass is 16.5. The zero-order valence-corrected chi connectivity index (χ0v) is 12.3. The summed E-state index contributed by atoms with van der Waals surface area (Å²) in [5.41, 5.74) is 0. The SMILES string of the molecule is C=CC(=O)OCCCNC(=O)CCCCCn1ccnc1. The van der Waals surface area contributed by atoms with E-state index in [0.29, 0.717) is 26.0 Å². The molecule has 0 aliphatic heterocycles. The molecule has 116 valence electrons. The first-order valence-electron chi connectivity index (χ1n) is 7.24. The fourth-order valence-corrected chi connectivity index (χ4v) is 1.80. The van der Waals surface area contributed by atoms with E-state index in [1.165, 1.54) is 0 Å². The molecule has 0 spiro atoms. The molecule has 0 bridgehead atoms. The highest BCUT2D eigenvalue weighted by molar-refractivity contribution is 5.81. The van der Waals surface area contributed by atoms with Crippen LogP contribution < -0.4 is 5.32 Å². The second kappa shape index (κ2) is 10.7. The number of unbranched alkanes of at least 4 members (excludes halogenated alkanes) is 2.